The molecule has 8 atom stereocenters. The third-order valence-corrected chi connectivity index (χ3v) is 5.89. The highest BCUT2D eigenvalue weighted by atomic mass is 19.2. The van der Waals surface area contributed by atoms with E-state index in [1.54, 1.807) is 6.92 Å². The zero-order valence-electron chi connectivity index (χ0n) is 15.6. The van der Waals surface area contributed by atoms with E-state index < -0.39 is 60.3 Å². The highest BCUT2D eigenvalue weighted by molar-refractivity contribution is 5.99. The summed E-state index contributed by atoms with van der Waals surface area (Å²) in [4.78, 5) is 24.5. The van der Waals surface area contributed by atoms with Crippen LogP contribution in [0.2, 0.25) is 0 Å². The highest BCUT2D eigenvalue weighted by Crippen LogP contribution is 2.34. The number of rotatable bonds is 4. The number of carbonyl (C=O) groups excluding carboxylic acids is 2. The van der Waals surface area contributed by atoms with Crippen LogP contribution in [0.1, 0.15) is 32.6 Å². The lowest BCUT2D eigenvalue weighted by Crippen LogP contribution is -2.57. The maximum absolute atomic E-state index is 14.3. The molecular weight excluding hydrogens is 373 g/mol. The van der Waals surface area contributed by atoms with Gasteiger partial charge in [-0.1, -0.05) is 6.08 Å². The van der Waals surface area contributed by atoms with Gasteiger partial charge < -0.3 is 16.0 Å². The van der Waals surface area contributed by atoms with Crippen molar-refractivity contribution in [3.63, 3.8) is 0 Å². The Morgan fingerprint density at radius 3 is 2.79 bits per heavy atom. The summed E-state index contributed by atoms with van der Waals surface area (Å²) in [6, 6.07) is 0.386. The summed E-state index contributed by atoms with van der Waals surface area (Å²) in [6.07, 6.45) is -2.93. The minimum absolute atomic E-state index is 0.0647. The van der Waals surface area contributed by atoms with Gasteiger partial charge >= 0.3 is 0 Å². The van der Waals surface area contributed by atoms with E-state index in [1.807, 2.05) is 6.07 Å². The molecule has 154 valence electrons. The number of nitrogens with zero attached hydrogens (tertiary/aromatic N) is 1. The van der Waals surface area contributed by atoms with E-state index in [9.17, 15) is 22.8 Å². The van der Waals surface area contributed by atoms with E-state index in [-0.39, 0.29) is 24.8 Å². The average molecular weight is 398 g/mol. The minimum Gasteiger partial charge on any atom is -0.352 e. The number of amides is 2. The van der Waals surface area contributed by atoms with Crippen LogP contribution in [0.4, 0.5) is 13.2 Å². The molecule has 0 aromatic carbocycles. The van der Waals surface area contributed by atoms with E-state index in [4.69, 9.17) is 5.26 Å². The lowest BCUT2D eigenvalue weighted by atomic mass is 9.78. The average Bonchev–Trinajstić information content (AvgIpc) is 2.65. The number of fused-ring (bicyclic) bond motifs is 1. The topological polar surface area (TPSA) is 94.0 Å². The summed E-state index contributed by atoms with van der Waals surface area (Å²) in [5, 5.41) is 17.1. The fourth-order valence-electron chi connectivity index (χ4n) is 4.30. The molecule has 6 nitrogen and oxygen atoms in total. The summed E-state index contributed by atoms with van der Waals surface area (Å²) in [5.74, 6) is -2.13. The molecular formula is C19H25F3N4O2. The standard InChI is InChI=1S/C19H25F3N4O2/c1-9(18-14(21)4-10(7-23)8-24-18)25-16(27)6-11-5-12-15(26-19(11)28)3-2-13(20)17(12)22/h5,9-10,12-15,17-18,24H,2-4,6,8H2,1H3,(H,25,27)(H,26,28)/t9-,10?,12?,13?,14?,15?,17?,18?/m0/s1. The molecule has 1 aliphatic carbocycles. The van der Waals surface area contributed by atoms with Gasteiger partial charge in [0, 0.05) is 30.1 Å². The van der Waals surface area contributed by atoms with E-state index in [0.29, 0.717) is 13.0 Å². The predicted octanol–water partition coefficient (Wildman–Crippen LogP) is 1.23. The number of piperidine rings is 1. The second-order valence-electron chi connectivity index (χ2n) is 7.93. The predicted molar refractivity (Wildman–Crippen MR) is 95.2 cm³/mol. The number of carbonyl (C=O) groups is 2. The minimum atomic E-state index is -1.71. The fraction of sp³-hybridized carbons (Fsp3) is 0.737. The summed E-state index contributed by atoms with van der Waals surface area (Å²) >= 11 is 0. The number of hydrogen-bond donors (Lipinski definition) is 3. The van der Waals surface area contributed by atoms with Crippen molar-refractivity contribution < 1.29 is 22.8 Å². The van der Waals surface area contributed by atoms with Gasteiger partial charge in [0.05, 0.1) is 24.4 Å². The van der Waals surface area contributed by atoms with Crippen molar-refractivity contribution in [1.82, 2.24) is 16.0 Å². The lowest BCUT2D eigenvalue weighted by Gasteiger charge is -2.38. The monoisotopic (exact) mass is 398 g/mol. The van der Waals surface area contributed by atoms with Crippen molar-refractivity contribution in [2.75, 3.05) is 6.54 Å². The molecule has 3 N–H and O–H groups in total. The van der Waals surface area contributed by atoms with Gasteiger partial charge in [0.15, 0.2) is 0 Å². The molecule has 0 spiro atoms. The summed E-state index contributed by atoms with van der Waals surface area (Å²) in [6.45, 7) is 1.99. The summed E-state index contributed by atoms with van der Waals surface area (Å²) in [7, 11) is 0. The largest absolute Gasteiger partial charge is 0.352 e. The van der Waals surface area contributed by atoms with Crippen molar-refractivity contribution >= 4 is 11.8 Å². The van der Waals surface area contributed by atoms with Crippen molar-refractivity contribution in [3.05, 3.63) is 11.6 Å². The maximum atomic E-state index is 14.3. The van der Waals surface area contributed by atoms with Gasteiger partial charge in [-0.3, -0.25) is 9.59 Å². The quantitative estimate of drug-likeness (QED) is 0.664. The van der Waals surface area contributed by atoms with Gasteiger partial charge in [0.25, 0.3) is 0 Å². The highest BCUT2D eigenvalue weighted by Gasteiger charge is 2.43. The van der Waals surface area contributed by atoms with Crippen molar-refractivity contribution in [3.8, 4) is 6.07 Å². The van der Waals surface area contributed by atoms with Crippen LogP contribution in [-0.2, 0) is 9.59 Å². The van der Waals surface area contributed by atoms with Gasteiger partial charge in [-0.25, -0.2) is 13.2 Å². The van der Waals surface area contributed by atoms with Crippen LogP contribution in [0.5, 0.6) is 0 Å². The number of hydrogen-bond acceptors (Lipinski definition) is 4. The Kier molecular flexibility index (Phi) is 6.28. The zero-order valence-corrected chi connectivity index (χ0v) is 15.6. The van der Waals surface area contributed by atoms with Crippen LogP contribution in [0, 0.1) is 23.2 Å². The second kappa shape index (κ2) is 8.52. The summed E-state index contributed by atoms with van der Waals surface area (Å²) < 4.78 is 42.1. The van der Waals surface area contributed by atoms with Crippen molar-refractivity contribution in [1.29, 1.82) is 5.26 Å². The normalized spacial score (nSPS) is 39.0. The van der Waals surface area contributed by atoms with E-state index >= 15 is 0 Å². The molecule has 2 aliphatic heterocycles. The van der Waals surface area contributed by atoms with Crippen LogP contribution >= 0.6 is 0 Å². The Morgan fingerprint density at radius 2 is 2.11 bits per heavy atom. The third-order valence-electron chi connectivity index (χ3n) is 5.89. The smallest absolute Gasteiger partial charge is 0.247 e. The first-order chi connectivity index (χ1) is 13.3. The van der Waals surface area contributed by atoms with Crippen LogP contribution in [0.3, 0.4) is 0 Å². The van der Waals surface area contributed by atoms with Crippen LogP contribution < -0.4 is 16.0 Å². The molecule has 0 bridgehead atoms. The molecule has 3 aliphatic rings. The Labute approximate surface area is 161 Å². The van der Waals surface area contributed by atoms with Gasteiger partial charge in [-0.2, -0.15) is 5.26 Å². The van der Waals surface area contributed by atoms with Crippen LogP contribution in [-0.4, -0.2) is 55.0 Å². The first-order valence-electron chi connectivity index (χ1n) is 9.66. The molecule has 1 saturated heterocycles. The fourth-order valence-corrected chi connectivity index (χ4v) is 4.30. The molecule has 3 rings (SSSR count). The Hall–Kier alpha value is -2.08. The maximum Gasteiger partial charge on any atom is 0.247 e. The van der Waals surface area contributed by atoms with Crippen molar-refractivity contribution in [2.45, 2.75) is 69.2 Å². The van der Waals surface area contributed by atoms with E-state index in [2.05, 4.69) is 16.0 Å². The molecule has 1 saturated carbocycles. The first kappa shape index (κ1) is 20.6. The number of nitrogens with one attached hydrogen (secondary N) is 3. The Bertz CT molecular complexity index is 695. The van der Waals surface area contributed by atoms with Gasteiger partial charge in [0.1, 0.15) is 18.5 Å². The first-order valence-corrected chi connectivity index (χ1v) is 9.66. The van der Waals surface area contributed by atoms with Crippen LogP contribution in [0.15, 0.2) is 11.6 Å². The van der Waals surface area contributed by atoms with E-state index in [0.717, 1.165) is 0 Å². The van der Waals surface area contributed by atoms with E-state index in [1.165, 1.54) is 6.08 Å². The molecule has 2 amide bonds. The molecule has 9 heteroatoms. The second-order valence-corrected chi connectivity index (χ2v) is 7.93. The van der Waals surface area contributed by atoms with Gasteiger partial charge in [-0.15, -0.1) is 0 Å². The molecule has 0 radical (unpaired) electrons. The SMILES string of the molecule is C[C@H](NC(=O)CC1=CC2C(CCC(F)C2F)NC1=O)C1NCC(C#N)CC1F. The molecule has 0 aromatic rings. The van der Waals surface area contributed by atoms with Crippen LogP contribution in [0.25, 0.3) is 0 Å². The molecule has 2 fully saturated rings. The number of halogens is 3. The van der Waals surface area contributed by atoms with Gasteiger partial charge in [-0.05, 0) is 26.2 Å². The molecule has 7 unspecified atom stereocenters. The zero-order chi connectivity index (χ0) is 20.4. The number of nitriles is 1. The number of alkyl halides is 3. The van der Waals surface area contributed by atoms with Gasteiger partial charge in [0.2, 0.25) is 11.8 Å². The lowest BCUT2D eigenvalue weighted by molar-refractivity contribution is -0.125. The molecule has 0 aromatic heterocycles. The molecule has 2 heterocycles. The third kappa shape index (κ3) is 4.32. The molecule has 28 heavy (non-hydrogen) atoms. The Morgan fingerprint density at radius 1 is 1.36 bits per heavy atom. The summed E-state index contributed by atoms with van der Waals surface area (Å²) in [5.41, 5.74) is 0.0978. The van der Waals surface area contributed by atoms with Crippen molar-refractivity contribution in [2.24, 2.45) is 11.8 Å². The Balaban J connectivity index is 1.59.